The van der Waals surface area contributed by atoms with Crippen LogP contribution in [0.3, 0.4) is 0 Å². The van der Waals surface area contributed by atoms with Crippen molar-refractivity contribution in [3.8, 4) is 28.9 Å². The van der Waals surface area contributed by atoms with E-state index in [1.165, 1.54) is 45.8 Å². The second-order valence-corrected chi connectivity index (χ2v) is 11.5. The Balaban J connectivity index is 1.43. The Labute approximate surface area is 287 Å². The van der Waals surface area contributed by atoms with Crippen molar-refractivity contribution in [1.82, 2.24) is 19.6 Å². The average molecular weight is 685 g/mol. The quantitative estimate of drug-likeness (QED) is 0.129. The lowest BCUT2D eigenvalue weighted by atomic mass is 10.1. The molecule has 0 amide bonds. The van der Waals surface area contributed by atoms with Crippen molar-refractivity contribution >= 4 is 34.1 Å². The SMILES string of the molecule is Cc1nn(-c2ccccc2)c2c1N=Nc1cc([N+](=O)[O-])ccc1C[C@]1(Oc3ccc([N+](=O)[O-])cc3N=Nc3c(C)nn(-c4ccccc4)c3O1)O2. The van der Waals surface area contributed by atoms with Crippen molar-refractivity contribution in [2.24, 2.45) is 20.5 Å². The highest BCUT2D eigenvalue weighted by Gasteiger charge is 2.46. The number of hydrogen-bond acceptors (Lipinski definition) is 13. The zero-order valence-corrected chi connectivity index (χ0v) is 26.8. The molecular weight excluding hydrogens is 660 g/mol. The van der Waals surface area contributed by atoms with Crippen LogP contribution in [0.2, 0.25) is 0 Å². The van der Waals surface area contributed by atoms with Crippen molar-refractivity contribution in [1.29, 1.82) is 0 Å². The van der Waals surface area contributed by atoms with Gasteiger partial charge >= 0.3 is 5.97 Å². The number of rotatable bonds is 4. The third-order valence-electron chi connectivity index (χ3n) is 8.10. The maximum absolute atomic E-state index is 11.8. The highest BCUT2D eigenvalue weighted by atomic mass is 16.9. The summed E-state index contributed by atoms with van der Waals surface area (Å²) in [7, 11) is 0. The number of nitrogens with zero attached hydrogens (tertiary/aromatic N) is 10. The molecule has 252 valence electrons. The van der Waals surface area contributed by atoms with E-state index in [1.807, 2.05) is 60.7 Å². The fraction of sp³-hybridized carbons (Fsp3) is 0.118. The molecule has 8 rings (SSSR count). The molecule has 2 aliphatic rings. The monoisotopic (exact) mass is 684 g/mol. The number of nitro benzene ring substituents is 2. The Hall–Kier alpha value is -7.30. The van der Waals surface area contributed by atoms with Crippen LogP contribution in [-0.2, 0) is 6.42 Å². The lowest BCUT2D eigenvalue weighted by Gasteiger charge is -2.34. The van der Waals surface area contributed by atoms with E-state index in [0.29, 0.717) is 28.3 Å². The molecule has 0 bridgehead atoms. The molecule has 51 heavy (non-hydrogen) atoms. The first-order valence-electron chi connectivity index (χ1n) is 15.4. The van der Waals surface area contributed by atoms with Gasteiger partial charge in [0.1, 0.15) is 5.69 Å². The Bertz CT molecular complexity index is 2250. The first kappa shape index (κ1) is 31.0. The zero-order valence-electron chi connectivity index (χ0n) is 26.8. The summed E-state index contributed by atoms with van der Waals surface area (Å²) in [5.74, 6) is -2.06. The van der Waals surface area contributed by atoms with Gasteiger partial charge in [0.05, 0.1) is 44.7 Å². The van der Waals surface area contributed by atoms with Crippen molar-refractivity contribution < 1.29 is 24.1 Å². The van der Waals surface area contributed by atoms with Gasteiger partial charge in [-0.15, -0.1) is 20.5 Å². The molecule has 4 heterocycles. The molecule has 1 atom stereocenters. The van der Waals surface area contributed by atoms with E-state index in [0.717, 1.165) is 0 Å². The van der Waals surface area contributed by atoms with Crippen molar-refractivity contribution in [3.05, 3.63) is 134 Å². The molecule has 0 fully saturated rings. The molecule has 0 aliphatic carbocycles. The second-order valence-electron chi connectivity index (χ2n) is 11.5. The molecule has 0 radical (unpaired) electrons. The Morgan fingerprint density at radius 2 is 1.12 bits per heavy atom. The minimum atomic E-state index is -2.21. The molecule has 0 saturated heterocycles. The number of hydrogen-bond donors (Lipinski definition) is 0. The van der Waals surface area contributed by atoms with Crippen LogP contribution in [0.15, 0.2) is 118 Å². The molecule has 4 aromatic carbocycles. The van der Waals surface area contributed by atoms with E-state index in [1.54, 1.807) is 13.8 Å². The van der Waals surface area contributed by atoms with Gasteiger partial charge in [-0.2, -0.15) is 19.6 Å². The molecular formula is C34H24N10O7. The van der Waals surface area contributed by atoms with Gasteiger partial charge in [0.15, 0.2) is 17.1 Å². The summed E-state index contributed by atoms with van der Waals surface area (Å²) in [6.45, 7) is 3.42. The molecule has 6 aromatic rings. The smallest absolute Gasteiger partial charge is 0.418 e. The third kappa shape index (κ3) is 5.57. The van der Waals surface area contributed by atoms with Crippen LogP contribution in [-0.4, -0.2) is 35.4 Å². The number of ether oxygens (including phenoxy) is 3. The number of non-ortho nitro benzene ring substituents is 2. The minimum Gasteiger partial charge on any atom is -0.418 e. The Kier molecular flexibility index (Phi) is 7.29. The van der Waals surface area contributed by atoms with Gasteiger partial charge in [0, 0.05) is 24.3 Å². The van der Waals surface area contributed by atoms with Crippen molar-refractivity contribution in [2.75, 3.05) is 0 Å². The zero-order chi connectivity index (χ0) is 35.3. The predicted molar refractivity (Wildman–Crippen MR) is 179 cm³/mol. The summed E-state index contributed by atoms with van der Waals surface area (Å²) >= 11 is 0. The Morgan fingerprint density at radius 3 is 1.65 bits per heavy atom. The molecule has 17 nitrogen and oxygen atoms in total. The molecule has 1 spiro atoms. The largest absolute Gasteiger partial charge is 0.424 e. The summed E-state index contributed by atoms with van der Waals surface area (Å²) in [4.78, 5) is 22.5. The van der Waals surface area contributed by atoms with E-state index in [2.05, 4.69) is 20.5 Å². The summed E-state index contributed by atoms with van der Waals surface area (Å²) in [5, 5.41) is 50.8. The number of benzene rings is 4. The van der Waals surface area contributed by atoms with E-state index in [4.69, 9.17) is 24.4 Å². The van der Waals surface area contributed by atoms with E-state index in [9.17, 15) is 20.2 Å². The van der Waals surface area contributed by atoms with Crippen LogP contribution < -0.4 is 14.2 Å². The van der Waals surface area contributed by atoms with E-state index < -0.39 is 15.8 Å². The molecule has 2 aliphatic heterocycles. The summed E-state index contributed by atoms with van der Waals surface area (Å²) < 4.78 is 23.5. The van der Waals surface area contributed by atoms with Crippen LogP contribution in [0.5, 0.6) is 17.5 Å². The number of azo groups is 2. The van der Waals surface area contributed by atoms with Crippen LogP contribution in [0.4, 0.5) is 34.1 Å². The second kappa shape index (κ2) is 12.0. The van der Waals surface area contributed by atoms with Crippen LogP contribution >= 0.6 is 0 Å². The van der Waals surface area contributed by atoms with Gasteiger partial charge in [0.2, 0.25) is 0 Å². The predicted octanol–water partition coefficient (Wildman–Crippen LogP) is 8.38. The molecule has 17 heteroatoms. The summed E-state index contributed by atoms with van der Waals surface area (Å²) in [5.41, 5.74) is 2.49. The molecule has 0 N–H and O–H groups in total. The van der Waals surface area contributed by atoms with E-state index in [-0.39, 0.29) is 58.1 Å². The van der Waals surface area contributed by atoms with Gasteiger partial charge in [-0.05, 0) is 55.8 Å². The van der Waals surface area contributed by atoms with Crippen LogP contribution in [0.1, 0.15) is 17.0 Å². The number of para-hydroxylation sites is 2. The van der Waals surface area contributed by atoms with Crippen molar-refractivity contribution in [3.63, 3.8) is 0 Å². The average Bonchev–Trinajstić information content (AvgIpc) is 3.64. The van der Waals surface area contributed by atoms with Gasteiger partial charge < -0.3 is 14.2 Å². The van der Waals surface area contributed by atoms with Gasteiger partial charge in [-0.3, -0.25) is 20.2 Å². The number of aryl methyl sites for hydroxylation is 2. The lowest BCUT2D eigenvalue weighted by molar-refractivity contribution is -0.385. The molecule has 0 saturated carbocycles. The normalized spacial score (nSPS) is 15.9. The summed E-state index contributed by atoms with van der Waals surface area (Å²) in [6.07, 6.45) is -0.257. The fourth-order valence-corrected chi connectivity index (χ4v) is 5.66. The molecule has 2 aromatic heterocycles. The Morgan fingerprint density at radius 1 is 0.627 bits per heavy atom. The first-order chi connectivity index (χ1) is 24.7. The molecule has 0 unspecified atom stereocenters. The fourth-order valence-electron chi connectivity index (χ4n) is 5.66. The maximum Gasteiger partial charge on any atom is 0.424 e. The number of aromatic nitrogens is 4. The topological polar surface area (TPSA) is 199 Å². The highest BCUT2D eigenvalue weighted by Crippen LogP contribution is 2.47. The van der Waals surface area contributed by atoms with Crippen LogP contribution in [0.25, 0.3) is 11.4 Å². The highest BCUT2D eigenvalue weighted by molar-refractivity contribution is 5.62. The third-order valence-corrected chi connectivity index (χ3v) is 8.10. The van der Waals surface area contributed by atoms with Crippen LogP contribution in [0, 0.1) is 34.1 Å². The van der Waals surface area contributed by atoms with Gasteiger partial charge in [0.25, 0.3) is 23.1 Å². The lowest BCUT2D eigenvalue weighted by Crippen LogP contribution is -2.51. The maximum atomic E-state index is 11.8. The van der Waals surface area contributed by atoms with Gasteiger partial charge in [-0.25, -0.2) is 0 Å². The number of nitro groups is 2. The number of fused-ring (bicyclic) bond motifs is 4. The van der Waals surface area contributed by atoms with Gasteiger partial charge in [-0.1, -0.05) is 36.4 Å². The van der Waals surface area contributed by atoms with Crippen molar-refractivity contribution in [2.45, 2.75) is 26.2 Å². The first-order valence-corrected chi connectivity index (χ1v) is 15.4. The van der Waals surface area contributed by atoms with E-state index >= 15 is 0 Å². The summed E-state index contributed by atoms with van der Waals surface area (Å²) in [6, 6.07) is 26.2. The minimum absolute atomic E-state index is 0.00151. The standard InChI is InChI=1S/C34H24N10O7/c1-20-30-32(41(39-20)23-9-5-3-6-10-23)50-34(19-22-13-14-25(43(45)46)17-27(22)35-37-30)49-29-16-15-26(44(47)48)18-28(29)36-38-31-21(2)40-42(33(31)51-34)24-11-7-4-8-12-24/h3-18H,19H2,1-2H3/t34-/m0/s1.